The number of imidazole rings is 1. The summed E-state index contributed by atoms with van der Waals surface area (Å²) in [6, 6.07) is 4.25. The van der Waals surface area contributed by atoms with Gasteiger partial charge in [0.15, 0.2) is 5.65 Å². The Kier molecular flexibility index (Phi) is 7.15. The van der Waals surface area contributed by atoms with E-state index in [-0.39, 0.29) is 30.0 Å². The number of hydrogen-bond acceptors (Lipinski definition) is 6. The molecule has 2 aliphatic carbocycles. The number of halogens is 3. The van der Waals surface area contributed by atoms with E-state index in [4.69, 9.17) is 0 Å². The van der Waals surface area contributed by atoms with Crippen molar-refractivity contribution in [3.63, 3.8) is 0 Å². The van der Waals surface area contributed by atoms with Crippen LogP contribution in [-0.2, 0) is 16.1 Å². The third-order valence-corrected chi connectivity index (χ3v) is 6.61. The number of aldehydes is 1. The molecule has 5 rings (SSSR count). The zero-order valence-electron chi connectivity index (χ0n) is 21.2. The number of nitrogens with zero attached hydrogens (tertiary/aromatic N) is 5. The van der Waals surface area contributed by atoms with Gasteiger partial charge in [0.2, 0.25) is 5.91 Å². The highest BCUT2D eigenvalue weighted by molar-refractivity contribution is 5.98. The summed E-state index contributed by atoms with van der Waals surface area (Å²) in [7, 11) is 1.05. The zero-order chi connectivity index (χ0) is 27.7. The van der Waals surface area contributed by atoms with Crippen LogP contribution in [0.5, 0.6) is 0 Å². The second-order valence-electron chi connectivity index (χ2n) is 9.97. The van der Waals surface area contributed by atoms with E-state index in [1.54, 1.807) is 35.0 Å². The van der Waals surface area contributed by atoms with E-state index in [1.807, 2.05) is 6.20 Å². The number of amides is 3. The van der Waals surface area contributed by atoms with E-state index in [2.05, 4.69) is 20.6 Å². The lowest BCUT2D eigenvalue weighted by atomic mass is 10.1. The maximum Gasteiger partial charge on any atom is 0.406 e. The van der Waals surface area contributed by atoms with E-state index in [0.29, 0.717) is 34.0 Å². The van der Waals surface area contributed by atoms with E-state index in [1.165, 1.54) is 0 Å². The van der Waals surface area contributed by atoms with E-state index < -0.39 is 25.3 Å². The maximum atomic E-state index is 13.0. The molecule has 0 atom stereocenters. The van der Waals surface area contributed by atoms with Crippen LogP contribution < -0.4 is 15.5 Å². The molecule has 3 heterocycles. The molecule has 3 aromatic heterocycles. The van der Waals surface area contributed by atoms with Gasteiger partial charge in [0.25, 0.3) is 0 Å². The van der Waals surface area contributed by atoms with Crippen molar-refractivity contribution < 1.29 is 27.6 Å². The van der Waals surface area contributed by atoms with Crippen LogP contribution in [0, 0.1) is 5.92 Å². The van der Waals surface area contributed by atoms with Crippen LogP contribution in [0.15, 0.2) is 36.8 Å². The molecule has 0 unspecified atom stereocenters. The second kappa shape index (κ2) is 10.5. The Morgan fingerprint density at radius 3 is 2.62 bits per heavy atom. The summed E-state index contributed by atoms with van der Waals surface area (Å²) >= 11 is 0. The first-order valence-corrected chi connectivity index (χ1v) is 12.7. The standard InChI is InChI=1S/C26H28F3N7O3/c1-34(15-26(27,28)29)25(39)36(8-9-37)21-10-18(16-2-3-16)13-35-14-20(32-23(21)35)12-31-19-6-7-30-22(11-19)33-24(38)17-4-5-17/h6-7,9-11,13-14,16-17H,2-5,8,12,15H2,1H3,(H2,30,31,33,38). The Morgan fingerprint density at radius 1 is 1.18 bits per heavy atom. The predicted octanol–water partition coefficient (Wildman–Crippen LogP) is 4.19. The number of fused-ring (bicyclic) bond motifs is 1. The minimum absolute atomic E-state index is 0.0469. The highest BCUT2D eigenvalue weighted by Gasteiger charge is 2.34. The number of hydrogen-bond donors (Lipinski definition) is 2. The smallest absolute Gasteiger partial charge is 0.379 e. The third-order valence-electron chi connectivity index (χ3n) is 6.61. The van der Waals surface area contributed by atoms with E-state index >= 15 is 0 Å². The van der Waals surface area contributed by atoms with Gasteiger partial charge in [-0.25, -0.2) is 14.8 Å². The maximum absolute atomic E-state index is 13.0. The van der Waals surface area contributed by atoms with Crippen molar-refractivity contribution in [1.82, 2.24) is 19.3 Å². The highest BCUT2D eigenvalue weighted by atomic mass is 19.4. The molecule has 0 aromatic carbocycles. The molecule has 2 fully saturated rings. The van der Waals surface area contributed by atoms with Crippen LogP contribution in [-0.4, -0.2) is 63.8 Å². The number of rotatable bonds is 10. The molecule has 3 amide bonds. The number of carbonyl (C=O) groups is 3. The quantitative estimate of drug-likeness (QED) is 0.371. The average molecular weight is 544 g/mol. The van der Waals surface area contributed by atoms with Gasteiger partial charge in [-0.1, -0.05) is 0 Å². The molecule has 13 heteroatoms. The van der Waals surface area contributed by atoms with Gasteiger partial charge in [-0.2, -0.15) is 13.2 Å². The molecular weight excluding hydrogens is 515 g/mol. The van der Waals surface area contributed by atoms with Gasteiger partial charge in [0.05, 0.1) is 24.5 Å². The minimum Gasteiger partial charge on any atom is -0.379 e. The summed E-state index contributed by atoms with van der Waals surface area (Å²) in [4.78, 5) is 46.9. The number of urea groups is 1. The van der Waals surface area contributed by atoms with Gasteiger partial charge in [0.1, 0.15) is 18.6 Å². The first kappa shape index (κ1) is 26.4. The largest absolute Gasteiger partial charge is 0.406 e. The molecular formula is C26H28F3N7O3. The van der Waals surface area contributed by atoms with Crippen molar-refractivity contribution in [3.05, 3.63) is 48.0 Å². The summed E-state index contributed by atoms with van der Waals surface area (Å²) in [6.45, 7) is -1.58. The van der Waals surface area contributed by atoms with Crippen LogP contribution in [0.2, 0.25) is 0 Å². The molecule has 3 aromatic rings. The van der Waals surface area contributed by atoms with E-state index in [0.717, 1.165) is 43.2 Å². The highest BCUT2D eigenvalue weighted by Crippen LogP contribution is 2.42. The van der Waals surface area contributed by atoms with Gasteiger partial charge in [0, 0.05) is 43.3 Å². The number of aromatic nitrogens is 3. The van der Waals surface area contributed by atoms with E-state index in [9.17, 15) is 27.6 Å². The van der Waals surface area contributed by atoms with Crippen molar-refractivity contribution in [1.29, 1.82) is 0 Å². The fourth-order valence-electron chi connectivity index (χ4n) is 4.35. The van der Waals surface area contributed by atoms with Gasteiger partial charge in [-0.15, -0.1) is 0 Å². The van der Waals surface area contributed by atoms with Crippen molar-refractivity contribution in [2.24, 2.45) is 5.92 Å². The summed E-state index contributed by atoms with van der Waals surface area (Å²) in [5.41, 5.74) is 2.84. The number of carbonyl (C=O) groups excluding carboxylic acids is 3. The van der Waals surface area contributed by atoms with Crippen molar-refractivity contribution >= 4 is 41.1 Å². The summed E-state index contributed by atoms with van der Waals surface area (Å²) in [6.07, 6.45) is 4.85. The molecule has 39 heavy (non-hydrogen) atoms. The molecule has 2 saturated carbocycles. The lowest BCUT2D eigenvalue weighted by Gasteiger charge is -2.28. The first-order chi connectivity index (χ1) is 18.6. The van der Waals surface area contributed by atoms with Gasteiger partial charge in [-0.05, 0) is 49.3 Å². The lowest BCUT2D eigenvalue weighted by molar-refractivity contribution is -0.137. The molecule has 2 aliphatic rings. The minimum atomic E-state index is -4.58. The molecule has 2 N–H and O–H groups in total. The Hall–Kier alpha value is -4.16. The first-order valence-electron chi connectivity index (χ1n) is 12.7. The molecule has 0 saturated heterocycles. The van der Waals surface area contributed by atoms with Crippen LogP contribution in [0.3, 0.4) is 0 Å². The van der Waals surface area contributed by atoms with Crippen molar-refractivity contribution in [2.75, 3.05) is 35.7 Å². The Morgan fingerprint density at radius 2 is 1.95 bits per heavy atom. The second-order valence-corrected chi connectivity index (χ2v) is 9.97. The molecule has 0 spiro atoms. The number of pyridine rings is 2. The normalized spacial score (nSPS) is 15.2. The Bertz CT molecular complexity index is 1400. The van der Waals surface area contributed by atoms with Crippen LogP contribution in [0.25, 0.3) is 5.65 Å². The van der Waals surface area contributed by atoms with Crippen molar-refractivity contribution in [2.45, 2.75) is 44.3 Å². The summed E-state index contributed by atoms with van der Waals surface area (Å²) in [5, 5.41) is 6.04. The molecule has 0 radical (unpaired) electrons. The van der Waals surface area contributed by atoms with Gasteiger partial charge >= 0.3 is 12.2 Å². The third kappa shape index (κ3) is 6.47. The number of nitrogens with one attached hydrogen (secondary N) is 2. The van der Waals surface area contributed by atoms with Crippen LogP contribution in [0.1, 0.15) is 42.9 Å². The molecule has 206 valence electrons. The summed E-state index contributed by atoms with van der Waals surface area (Å²) < 4.78 is 40.7. The fourth-order valence-corrected chi connectivity index (χ4v) is 4.35. The molecule has 0 aliphatic heterocycles. The number of anilines is 3. The zero-order valence-corrected chi connectivity index (χ0v) is 21.2. The monoisotopic (exact) mass is 543 g/mol. The fraction of sp³-hybridized carbons (Fsp3) is 0.423. The number of alkyl halides is 3. The Labute approximate surface area is 222 Å². The average Bonchev–Trinajstić information content (AvgIpc) is 3.80. The lowest BCUT2D eigenvalue weighted by Crippen LogP contribution is -2.46. The van der Waals surface area contributed by atoms with Gasteiger partial charge < -0.3 is 24.7 Å². The summed E-state index contributed by atoms with van der Waals surface area (Å²) in [5.74, 6) is 0.720. The predicted molar refractivity (Wildman–Crippen MR) is 138 cm³/mol. The van der Waals surface area contributed by atoms with Crippen LogP contribution in [0.4, 0.5) is 35.2 Å². The van der Waals surface area contributed by atoms with Crippen molar-refractivity contribution in [3.8, 4) is 0 Å². The SMILES string of the molecule is CN(CC(F)(F)F)C(=O)N(CC=O)c1cc(C2CC2)cn2cc(CNc3ccnc(NC(=O)C4CC4)c3)nc12. The molecule has 0 bridgehead atoms. The van der Waals surface area contributed by atoms with Gasteiger partial charge in [-0.3, -0.25) is 9.69 Å². The topological polar surface area (TPSA) is 112 Å². The van der Waals surface area contributed by atoms with Crippen LogP contribution >= 0.6 is 0 Å². The Balaban J connectivity index is 1.40. The molecule has 10 nitrogen and oxygen atoms in total.